The monoisotopic (exact) mass is 197 g/mol. The van der Waals surface area contributed by atoms with Crippen molar-refractivity contribution in [2.75, 3.05) is 5.75 Å². The predicted molar refractivity (Wildman–Crippen MR) is 48.1 cm³/mol. The molecule has 5 heteroatoms. The Labute approximate surface area is 78.2 Å². The van der Waals surface area contributed by atoms with Crippen LogP contribution < -0.4 is 5.56 Å². The highest BCUT2D eigenvalue weighted by Gasteiger charge is 2.28. The van der Waals surface area contributed by atoms with Crippen LogP contribution in [0.1, 0.15) is 6.04 Å². The highest BCUT2D eigenvalue weighted by Crippen LogP contribution is 2.30. The normalized spacial score (nSPS) is 19.8. The summed E-state index contributed by atoms with van der Waals surface area (Å²) in [6.45, 7) is 0. The van der Waals surface area contributed by atoms with Gasteiger partial charge in [-0.3, -0.25) is 9.36 Å². The second kappa shape index (κ2) is 2.92. The van der Waals surface area contributed by atoms with Gasteiger partial charge in [0.25, 0.3) is 5.56 Å². The van der Waals surface area contributed by atoms with Gasteiger partial charge in [0.15, 0.2) is 0 Å². The zero-order valence-corrected chi connectivity index (χ0v) is 7.45. The molecule has 0 radical (unpaired) electrons. The fourth-order valence-electron chi connectivity index (χ4n) is 1.33. The lowest BCUT2D eigenvalue weighted by molar-refractivity contribution is -0.140. The minimum absolute atomic E-state index is 0.241. The molecule has 0 aromatic carbocycles. The summed E-state index contributed by atoms with van der Waals surface area (Å²) in [5.74, 6) is -0.506. The number of pyridine rings is 1. The highest BCUT2D eigenvalue weighted by molar-refractivity contribution is 7.99. The lowest BCUT2D eigenvalue weighted by Gasteiger charge is -2.06. The number of carbonyl (C=O) groups is 1. The van der Waals surface area contributed by atoms with Crippen LogP contribution in [0, 0.1) is 0 Å². The second-order valence-electron chi connectivity index (χ2n) is 2.74. The Kier molecular flexibility index (Phi) is 1.88. The third-order valence-electron chi connectivity index (χ3n) is 1.94. The Balaban J connectivity index is 2.58. The summed E-state index contributed by atoms with van der Waals surface area (Å²) < 4.78 is 1.33. The highest BCUT2D eigenvalue weighted by atomic mass is 32.2. The number of carboxylic acids is 1. The third kappa shape index (κ3) is 1.25. The van der Waals surface area contributed by atoms with Crippen molar-refractivity contribution in [2.45, 2.75) is 11.1 Å². The van der Waals surface area contributed by atoms with Crippen molar-refractivity contribution in [1.29, 1.82) is 0 Å². The van der Waals surface area contributed by atoms with E-state index >= 15 is 0 Å². The maximum atomic E-state index is 11.3. The molecule has 0 saturated heterocycles. The van der Waals surface area contributed by atoms with E-state index in [9.17, 15) is 9.59 Å². The van der Waals surface area contributed by atoms with Gasteiger partial charge in [0, 0.05) is 11.8 Å². The first-order chi connectivity index (χ1) is 6.20. The quantitative estimate of drug-likeness (QED) is 0.715. The van der Waals surface area contributed by atoms with Crippen LogP contribution in [-0.4, -0.2) is 21.4 Å². The predicted octanol–water partition coefficient (Wildman–Crippen LogP) is 0.580. The fraction of sp³-hybridized carbons (Fsp3) is 0.250. The zero-order chi connectivity index (χ0) is 9.42. The number of aliphatic carboxylic acids is 1. The maximum absolute atomic E-state index is 11.3. The van der Waals surface area contributed by atoms with E-state index in [-0.39, 0.29) is 5.56 Å². The fourth-order valence-corrected chi connectivity index (χ4v) is 2.48. The molecule has 0 aliphatic carbocycles. The first kappa shape index (κ1) is 8.37. The number of hydrogen-bond acceptors (Lipinski definition) is 3. The Morgan fingerprint density at radius 2 is 2.38 bits per heavy atom. The summed E-state index contributed by atoms with van der Waals surface area (Å²) in [4.78, 5) is 22.1. The molecule has 1 aliphatic heterocycles. The summed E-state index contributed by atoms with van der Waals surface area (Å²) in [6.07, 6.45) is 0. The summed E-state index contributed by atoms with van der Waals surface area (Å²) >= 11 is 1.40. The van der Waals surface area contributed by atoms with Crippen LogP contribution in [0.3, 0.4) is 0 Å². The molecule has 13 heavy (non-hydrogen) atoms. The van der Waals surface area contributed by atoms with Gasteiger partial charge in [-0.05, 0) is 6.07 Å². The van der Waals surface area contributed by atoms with Gasteiger partial charge in [0.05, 0.1) is 5.03 Å². The van der Waals surface area contributed by atoms with Gasteiger partial charge in [0.1, 0.15) is 6.04 Å². The van der Waals surface area contributed by atoms with E-state index in [0.29, 0.717) is 5.75 Å². The van der Waals surface area contributed by atoms with E-state index in [4.69, 9.17) is 5.11 Å². The minimum atomic E-state index is -0.945. The maximum Gasteiger partial charge on any atom is 0.327 e. The van der Waals surface area contributed by atoms with E-state index in [1.807, 2.05) is 0 Å². The van der Waals surface area contributed by atoms with E-state index in [1.54, 1.807) is 12.1 Å². The van der Waals surface area contributed by atoms with Gasteiger partial charge in [-0.25, -0.2) is 4.79 Å². The average molecular weight is 197 g/mol. The molecule has 1 aliphatic rings. The van der Waals surface area contributed by atoms with Gasteiger partial charge in [-0.1, -0.05) is 6.07 Å². The SMILES string of the molecule is O=C(O)C1CSc2cccc(=O)n21. The number of aromatic nitrogens is 1. The number of fused-ring (bicyclic) bond motifs is 1. The first-order valence-electron chi connectivity index (χ1n) is 3.77. The molecule has 68 valence electrons. The molecule has 0 spiro atoms. The topological polar surface area (TPSA) is 59.3 Å². The standard InChI is InChI=1S/C8H7NO3S/c10-6-2-1-3-7-9(6)5(4-13-7)8(11)12/h1-3,5H,4H2,(H,11,12). The molecule has 1 N–H and O–H groups in total. The number of carboxylic acid groups (broad SMARTS) is 1. The molecule has 2 heterocycles. The van der Waals surface area contributed by atoms with Crippen molar-refractivity contribution >= 4 is 17.7 Å². The van der Waals surface area contributed by atoms with Crippen LogP contribution in [0.5, 0.6) is 0 Å². The van der Waals surface area contributed by atoms with Gasteiger partial charge in [-0.2, -0.15) is 0 Å². The lowest BCUT2D eigenvalue weighted by atomic mass is 10.3. The van der Waals surface area contributed by atoms with Gasteiger partial charge in [0.2, 0.25) is 0 Å². The second-order valence-corrected chi connectivity index (χ2v) is 3.78. The molecule has 1 aromatic rings. The van der Waals surface area contributed by atoms with Crippen molar-refractivity contribution in [3.05, 3.63) is 28.6 Å². The van der Waals surface area contributed by atoms with Crippen molar-refractivity contribution in [3.8, 4) is 0 Å². The van der Waals surface area contributed by atoms with E-state index in [1.165, 1.54) is 22.4 Å². The van der Waals surface area contributed by atoms with Crippen molar-refractivity contribution in [2.24, 2.45) is 0 Å². The molecule has 0 saturated carbocycles. The molecule has 0 fully saturated rings. The molecule has 0 amide bonds. The number of hydrogen-bond donors (Lipinski definition) is 1. The van der Waals surface area contributed by atoms with E-state index in [2.05, 4.69) is 0 Å². The van der Waals surface area contributed by atoms with Crippen LogP contribution in [0.2, 0.25) is 0 Å². The van der Waals surface area contributed by atoms with Crippen molar-refractivity contribution in [1.82, 2.24) is 4.57 Å². The Morgan fingerprint density at radius 1 is 1.62 bits per heavy atom. The Bertz CT molecular complexity index is 412. The van der Waals surface area contributed by atoms with Crippen molar-refractivity contribution in [3.63, 3.8) is 0 Å². The Hall–Kier alpha value is -1.23. The molecule has 1 aromatic heterocycles. The largest absolute Gasteiger partial charge is 0.480 e. The molecular weight excluding hydrogens is 190 g/mol. The average Bonchev–Trinajstić information content (AvgIpc) is 2.49. The summed E-state index contributed by atoms with van der Waals surface area (Å²) in [6, 6.07) is 4.08. The van der Waals surface area contributed by atoms with Crippen LogP contribution in [-0.2, 0) is 4.79 Å². The van der Waals surface area contributed by atoms with Crippen LogP contribution >= 0.6 is 11.8 Å². The Morgan fingerprint density at radius 3 is 3.08 bits per heavy atom. The molecule has 4 nitrogen and oxygen atoms in total. The minimum Gasteiger partial charge on any atom is -0.480 e. The summed E-state index contributed by atoms with van der Waals surface area (Å²) in [7, 11) is 0. The molecule has 1 unspecified atom stereocenters. The number of thioether (sulfide) groups is 1. The number of nitrogens with zero attached hydrogens (tertiary/aromatic N) is 1. The van der Waals surface area contributed by atoms with Crippen LogP contribution in [0.25, 0.3) is 0 Å². The summed E-state index contributed by atoms with van der Waals surface area (Å²) in [5.41, 5.74) is -0.241. The van der Waals surface area contributed by atoms with Crippen molar-refractivity contribution < 1.29 is 9.90 Å². The molecule has 0 bridgehead atoms. The van der Waals surface area contributed by atoms with Crippen LogP contribution in [0.15, 0.2) is 28.0 Å². The van der Waals surface area contributed by atoms with Crippen LogP contribution in [0.4, 0.5) is 0 Å². The zero-order valence-electron chi connectivity index (χ0n) is 6.64. The third-order valence-corrected chi connectivity index (χ3v) is 3.05. The molecular formula is C8H7NO3S. The van der Waals surface area contributed by atoms with Gasteiger partial charge < -0.3 is 5.11 Å². The summed E-state index contributed by atoms with van der Waals surface area (Å²) in [5, 5.41) is 9.55. The molecule has 1 atom stereocenters. The first-order valence-corrected chi connectivity index (χ1v) is 4.76. The number of rotatable bonds is 1. The van der Waals surface area contributed by atoms with E-state index < -0.39 is 12.0 Å². The smallest absolute Gasteiger partial charge is 0.327 e. The molecule has 2 rings (SSSR count). The van der Waals surface area contributed by atoms with E-state index in [0.717, 1.165) is 5.03 Å². The van der Waals surface area contributed by atoms with Gasteiger partial charge in [-0.15, -0.1) is 11.8 Å². The lowest BCUT2D eigenvalue weighted by Crippen LogP contribution is -2.27. The van der Waals surface area contributed by atoms with Gasteiger partial charge >= 0.3 is 5.97 Å².